The van der Waals surface area contributed by atoms with Gasteiger partial charge in [0.2, 0.25) is 0 Å². The molecule has 83 heavy (non-hydrogen) atoms. The Morgan fingerprint density at radius 1 is 0.410 bits per heavy atom. The average molecular weight is 1350 g/mol. The Morgan fingerprint density at radius 2 is 0.735 bits per heavy atom. The van der Waals surface area contributed by atoms with Crippen molar-refractivity contribution in [2.45, 2.75) is 227 Å². The second-order valence-electron chi connectivity index (χ2n) is 23.7. The van der Waals surface area contributed by atoms with E-state index in [1.54, 1.807) is 44.4 Å². The molecule has 0 amide bonds. The molecule has 0 aromatic rings. The smallest absolute Gasteiger partial charge is 0.434 e. The van der Waals surface area contributed by atoms with Crippen molar-refractivity contribution in [1.29, 1.82) is 0 Å². The van der Waals surface area contributed by atoms with E-state index in [4.69, 9.17) is 39.5 Å². The summed E-state index contributed by atoms with van der Waals surface area (Å²) in [6, 6.07) is 0. The summed E-state index contributed by atoms with van der Waals surface area (Å²) < 4.78 is 23.9. The van der Waals surface area contributed by atoms with E-state index in [1.165, 1.54) is 94.8 Å². The molecule has 1 rings (SSSR count). The molecule has 1 aliphatic rings. The molecule has 0 radical (unpaired) electrons. The summed E-state index contributed by atoms with van der Waals surface area (Å²) in [5, 5.41) is 35.2. The van der Waals surface area contributed by atoms with Gasteiger partial charge in [0.05, 0.1) is 39.6 Å². The summed E-state index contributed by atoms with van der Waals surface area (Å²) in [4.78, 5) is 38.6. The van der Waals surface area contributed by atoms with Crippen LogP contribution in [0, 0.1) is 82.9 Å². The Morgan fingerprint density at radius 3 is 1.04 bits per heavy atom. The van der Waals surface area contributed by atoms with Crippen LogP contribution in [0.2, 0.25) is 0 Å². The molecule has 0 saturated carbocycles. The Kier molecular flexibility index (Phi) is 80.0. The summed E-state index contributed by atoms with van der Waals surface area (Å²) in [5.41, 5.74) is 0. The molecule has 12 unspecified atom stereocenters. The normalized spacial score (nSPS) is 15.3. The molecule has 0 bridgehead atoms. The summed E-state index contributed by atoms with van der Waals surface area (Å²) in [6.45, 7) is 43.6. The van der Waals surface area contributed by atoms with Gasteiger partial charge in [-0.2, -0.15) is 9.59 Å². The molecule has 1 fully saturated rings. The van der Waals surface area contributed by atoms with Crippen LogP contribution in [0.25, 0.3) is 0 Å². The number of aliphatic hydroxyl groups excluding tert-OH is 4. The monoisotopic (exact) mass is 1350 g/mol. The quantitative estimate of drug-likeness (QED) is 0.0341. The number of hydrogen-bond acceptors (Lipinski definition) is 15. The van der Waals surface area contributed by atoms with Crippen molar-refractivity contribution >= 4 is 103 Å². The molecule has 13 nitrogen and oxygen atoms in total. The molecule has 12 atom stereocenters. The topological polar surface area (TPSA) is 199 Å². The maximum absolute atomic E-state index is 11.2. The van der Waals surface area contributed by atoms with Crippen LogP contribution in [0.3, 0.4) is 0 Å². The van der Waals surface area contributed by atoms with E-state index in [0.717, 1.165) is 86.2 Å². The number of ether oxygens (including phenoxy) is 5. The zero-order valence-electron chi connectivity index (χ0n) is 55.1. The maximum atomic E-state index is 11.2. The predicted octanol–water partition coefficient (Wildman–Crippen LogP) is 14.9. The number of carbonyl (C=O) groups excluding carboxylic acids is 4. The summed E-state index contributed by atoms with van der Waals surface area (Å²) in [6.07, 6.45) is 18.2. The van der Waals surface area contributed by atoms with Gasteiger partial charge in [0.15, 0.2) is 0 Å². The second kappa shape index (κ2) is 70.8. The van der Waals surface area contributed by atoms with E-state index in [0.29, 0.717) is 61.9 Å². The first-order chi connectivity index (χ1) is 39.4. The lowest BCUT2D eigenvalue weighted by Gasteiger charge is -2.23. The fourth-order valence-corrected chi connectivity index (χ4v) is 23.4. The minimum Gasteiger partial charge on any atom is -0.434 e. The molecule has 1 saturated heterocycles. The molecule has 0 aliphatic carbocycles. The zero-order chi connectivity index (χ0) is 64.8. The van der Waals surface area contributed by atoms with Crippen LogP contribution in [-0.2, 0) is 118 Å². The van der Waals surface area contributed by atoms with Gasteiger partial charge in [-0.15, -0.1) is 0 Å². The summed E-state index contributed by atoms with van der Waals surface area (Å²) >= 11 is 9.27. The van der Waals surface area contributed by atoms with Gasteiger partial charge in [-0.05, 0) is 147 Å². The van der Waals surface area contributed by atoms with Gasteiger partial charge >= 0.3 is 18.5 Å². The van der Waals surface area contributed by atoms with E-state index >= 15 is 0 Å². The lowest BCUT2D eigenvalue weighted by Crippen LogP contribution is -2.19. The number of rotatable bonds is 36. The van der Waals surface area contributed by atoms with Crippen LogP contribution in [0.4, 0.5) is 9.59 Å². The van der Waals surface area contributed by atoms with Crippen LogP contribution < -0.4 is 0 Å². The third-order valence-electron chi connectivity index (χ3n) is 14.0. The van der Waals surface area contributed by atoms with Gasteiger partial charge in [0, 0.05) is 97.8 Å². The van der Waals surface area contributed by atoms with Crippen molar-refractivity contribution in [2.24, 2.45) is 82.9 Å². The highest BCUT2D eigenvalue weighted by Gasteiger charge is 2.20. The molecule has 22 heteroatoms. The molecule has 0 aromatic carbocycles. The number of carbonyl (C=O) groups is 2. The van der Waals surface area contributed by atoms with Crippen LogP contribution in [0.1, 0.15) is 227 Å². The van der Waals surface area contributed by atoms with Crippen molar-refractivity contribution in [3.8, 4) is 0 Å². The zero-order valence-corrected chi connectivity index (χ0v) is 62.5. The lowest BCUT2D eigenvalue weighted by molar-refractivity contribution is -0.191. The lowest BCUT2D eigenvalue weighted by atomic mass is 9.84. The van der Waals surface area contributed by atoms with Gasteiger partial charge < -0.3 is 44.1 Å². The first kappa shape index (κ1) is 93.8. The van der Waals surface area contributed by atoms with Crippen molar-refractivity contribution in [2.75, 3.05) is 66.1 Å². The number of hydrogen-bond donors (Lipinski definition) is 4. The first-order valence-electron chi connectivity index (χ1n) is 30.9. The largest absolute Gasteiger partial charge is 0.508 e. The van der Waals surface area contributed by atoms with E-state index in [9.17, 15) is 9.59 Å². The highest BCUT2D eigenvalue weighted by molar-refractivity contribution is 8.72. The molecular formula is C61H124O13S9. The Hall–Kier alpha value is -0.300. The fraction of sp³-hybridized carbons (Fsp3) is 0.951. The minimum absolute atomic E-state index is 0.00121. The van der Waals surface area contributed by atoms with E-state index < -0.39 is 12.3 Å². The van der Waals surface area contributed by atoms with Crippen molar-refractivity contribution in [3.63, 3.8) is 0 Å². The Labute approximate surface area is 538 Å². The van der Waals surface area contributed by atoms with Crippen LogP contribution in [0.15, 0.2) is 0 Å². The molecule has 1 aliphatic heterocycles. The van der Waals surface area contributed by atoms with Gasteiger partial charge in [0.25, 0.3) is 0 Å². The highest BCUT2D eigenvalue weighted by Crippen LogP contribution is 2.28. The third-order valence-corrected chi connectivity index (χ3v) is 27.3. The number of aliphatic hydroxyl groups is 4. The average Bonchev–Trinajstić information content (AvgIpc) is 4.34. The molecule has 4 N–H and O–H groups in total. The molecule has 0 spiro atoms. The molecular weight excluding hydrogens is 1230 g/mol. The fourth-order valence-electron chi connectivity index (χ4n) is 9.67. The second-order valence-corrected chi connectivity index (χ2v) is 36.1. The van der Waals surface area contributed by atoms with Crippen molar-refractivity contribution in [1.82, 2.24) is 0 Å². The van der Waals surface area contributed by atoms with Gasteiger partial charge in [-0.25, -0.2) is 9.59 Å². The van der Waals surface area contributed by atoms with Crippen LogP contribution >= 0.6 is 0 Å². The van der Waals surface area contributed by atoms with Crippen LogP contribution in [0.5, 0.6) is 0 Å². The summed E-state index contributed by atoms with van der Waals surface area (Å²) in [5.74, 6) is 9.37. The molecule has 1 heterocycles. The Balaban J connectivity index is -0.000000221. The molecule has 0 aromatic heterocycles. The standard InChI is InChI=1S/2C16H32O4.2C13H28O.C2H4O.CO2.S9/c1-12(2)8-13(3)9-14(4)10-15(5)11-20-16(18)19-7-6-17;1-5-13(4)10-14(6-2)11-15(7-3)12-20-16(18)19-9-8-17;1-10(2)6-11(3)7-12(4)8-13(5)9-14;1-5-11(4)8-12(6-2)9-13(7-3)10-14;1-2-3-1;2-1-3;1-3-5-7-9-8-6-4-2/h12-15,17H,6-11H2,1-5H3;13-15,17H,5-12H2,1-4H3;10-14H,6-9H2,1-5H3;11-14H,5-10H2,1-4H3;1-2H2;;. The SMILES string of the molecule is C1CO1.CC(C)CC(C)CC(C)CC(C)CO.CC(C)CC(C)CC(C)CC(C)COC(=O)OCCO.CCC(C)CC(CC)CC(CC)CO.CCC(C)CC(CC)CC(CC)COC(=O)OCCO.O=C=O.S=S=S=S=S=S=S=S=S. The van der Waals surface area contributed by atoms with Crippen LogP contribution in [-0.4, -0.2) is 105 Å². The van der Waals surface area contributed by atoms with Gasteiger partial charge in [-0.3, -0.25) is 0 Å². The highest BCUT2D eigenvalue weighted by atomic mass is 33.4. The number of epoxide rings is 1. The first-order valence-corrected chi connectivity index (χ1v) is 41.5. The van der Waals surface area contributed by atoms with E-state index in [2.05, 4.69) is 161 Å². The predicted molar refractivity (Wildman–Crippen MR) is 370 cm³/mol. The van der Waals surface area contributed by atoms with Gasteiger partial charge in [0.1, 0.15) is 13.2 Å². The van der Waals surface area contributed by atoms with Gasteiger partial charge in [-0.1, -0.05) is 163 Å². The molecule has 500 valence electrons. The third kappa shape index (κ3) is 79.7. The van der Waals surface area contributed by atoms with E-state index in [1.807, 2.05) is 0 Å². The van der Waals surface area contributed by atoms with Crippen molar-refractivity contribution in [3.05, 3.63) is 0 Å². The summed E-state index contributed by atoms with van der Waals surface area (Å²) in [7, 11) is 10.9. The van der Waals surface area contributed by atoms with Crippen molar-refractivity contribution < 1.29 is 63.3 Å². The minimum atomic E-state index is -0.688. The Bertz CT molecular complexity index is 1750. The van der Waals surface area contributed by atoms with E-state index in [-0.39, 0.29) is 32.6 Å². The maximum Gasteiger partial charge on any atom is 0.508 e.